The highest BCUT2D eigenvalue weighted by atomic mass is 16.7. The summed E-state index contributed by atoms with van der Waals surface area (Å²) in [5.41, 5.74) is 6.83. The highest BCUT2D eigenvalue weighted by Crippen LogP contribution is 2.36. The average molecular weight is 291 g/mol. The Balaban J connectivity index is 2.32. The first-order valence-electron chi connectivity index (χ1n) is 7.63. The van der Waals surface area contributed by atoms with E-state index >= 15 is 0 Å². The Bertz CT molecular complexity index is 504. The highest BCUT2D eigenvalue weighted by Gasteiger charge is 2.52. The molecule has 1 aliphatic rings. The maximum atomic E-state index is 6.10. The number of nitrogen functional groups attached to an aromatic ring is 1. The van der Waals surface area contributed by atoms with Gasteiger partial charge < -0.3 is 15.0 Å². The second kappa shape index (κ2) is 5.57. The largest absolute Gasteiger partial charge is 0.498 e. The molecule has 0 spiro atoms. The van der Waals surface area contributed by atoms with E-state index in [1.165, 1.54) is 0 Å². The fraction of sp³-hybridized carbons (Fsp3) is 0.733. The summed E-state index contributed by atoms with van der Waals surface area (Å²) < 4.78 is 12.2. The Hall–Kier alpha value is -1.14. The van der Waals surface area contributed by atoms with Crippen LogP contribution < -0.4 is 11.2 Å². The zero-order valence-electron chi connectivity index (χ0n) is 13.9. The van der Waals surface area contributed by atoms with Gasteiger partial charge in [-0.15, -0.1) is 0 Å². The summed E-state index contributed by atoms with van der Waals surface area (Å²) in [6.07, 6.45) is 3.68. The molecule has 0 radical (unpaired) electrons. The van der Waals surface area contributed by atoms with Crippen LogP contribution in [0, 0.1) is 5.92 Å². The summed E-state index contributed by atoms with van der Waals surface area (Å²) in [4.78, 5) is 8.53. The molecule has 1 saturated heterocycles. The average Bonchev–Trinajstić information content (AvgIpc) is 2.58. The molecule has 1 aromatic rings. The molecule has 1 fully saturated rings. The van der Waals surface area contributed by atoms with E-state index < -0.39 is 7.12 Å². The first kappa shape index (κ1) is 16.2. The Kier molecular flexibility index (Phi) is 4.31. The smallest absolute Gasteiger partial charge is 0.399 e. The summed E-state index contributed by atoms with van der Waals surface area (Å²) in [7, 11) is -0.436. The second-order valence-corrected chi connectivity index (χ2v) is 6.94. The van der Waals surface area contributed by atoms with E-state index in [1.54, 1.807) is 6.20 Å². The van der Waals surface area contributed by atoms with Gasteiger partial charge in [-0.1, -0.05) is 20.3 Å². The Morgan fingerprint density at radius 2 is 1.81 bits per heavy atom. The van der Waals surface area contributed by atoms with Gasteiger partial charge in [0.1, 0.15) is 0 Å². The van der Waals surface area contributed by atoms with E-state index in [0.29, 0.717) is 11.9 Å². The molecule has 1 unspecified atom stereocenters. The molecule has 1 aliphatic heterocycles. The van der Waals surface area contributed by atoms with Gasteiger partial charge >= 0.3 is 7.12 Å². The topological polar surface area (TPSA) is 70.3 Å². The fourth-order valence-electron chi connectivity index (χ4n) is 2.25. The third-order valence-electron chi connectivity index (χ3n) is 4.66. The van der Waals surface area contributed by atoms with E-state index in [-0.39, 0.29) is 11.2 Å². The van der Waals surface area contributed by atoms with Crippen LogP contribution in [0.25, 0.3) is 0 Å². The molecule has 6 heteroatoms. The van der Waals surface area contributed by atoms with Gasteiger partial charge in [-0.3, -0.25) is 0 Å². The zero-order chi connectivity index (χ0) is 15.8. The standard InChI is InChI=1S/C15H26BN3O2/c1-7-10(2)8-12-11(9-18-13(17)19-12)16-20-14(3,4)15(5,6)21-16/h9-10H,7-8H2,1-6H3,(H2,17,18,19). The molecule has 5 nitrogen and oxygen atoms in total. The molecule has 0 bridgehead atoms. The van der Waals surface area contributed by atoms with Crippen LogP contribution in [0.5, 0.6) is 0 Å². The van der Waals surface area contributed by atoms with Crippen LogP contribution in [-0.4, -0.2) is 28.3 Å². The van der Waals surface area contributed by atoms with Crippen molar-refractivity contribution in [3.63, 3.8) is 0 Å². The fourth-order valence-corrected chi connectivity index (χ4v) is 2.25. The molecule has 1 atom stereocenters. The Labute approximate surface area is 127 Å². The van der Waals surface area contributed by atoms with Crippen molar-refractivity contribution in [2.75, 3.05) is 5.73 Å². The monoisotopic (exact) mass is 291 g/mol. The minimum Gasteiger partial charge on any atom is -0.399 e. The molecule has 21 heavy (non-hydrogen) atoms. The number of nitrogens with two attached hydrogens (primary N) is 1. The van der Waals surface area contributed by atoms with Crippen molar-refractivity contribution in [1.82, 2.24) is 9.97 Å². The van der Waals surface area contributed by atoms with Crippen LogP contribution in [0.4, 0.5) is 5.95 Å². The normalized spacial score (nSPS) is 21.5. The summed E-state index contributed by atoms with van der Waals surface area (Å²) in [5.74, 6) is 0.828. The van der Waals surface area contributed by atoms with Crippen molar-refractivity contribution in [3.05, 3.63) is 11.9 Å². The predicted octanol–water partition coefficient (Wildman–Crippen LogP) is 1.95. The highest BCUT2D eigenvalue weighted by molar-refractivity contribution is 6.62. The molecular formula is C15H26BN3O2. The predicted molar refractivity (Wildman–Crippen MR) is 85.3 cm³/mol. The van der Waals surface area contributed by atoms with Crippen LogP contribution >= 0.6 is 0 Å². The molecule has 0 aliphatic carbocycles. The minimum absolute atomic E-state index is 0.300. The molecule has 2 N–H and O–H groups in total. The number of aromatic nitrogens is 2. The minimum atomic E-state index is -0.436. The van der Waals surface area contributed by atoms with Crippen LogP contribution in [0.1, 0.15) is 53.7 Å². The van der Waals surface area contributed by atoms with Crippen molar-refractivity contribution < 1.29 is 9.31 Å². The van der Waals surface area contributed by atoms with E-state index in [4.69, 9.17) is 15.0 Å². The summed E-state index contributed by atoms with van der Waals surface area (Å²) in [6, 6.07) is 0. The van der Waals surface area contributed by atoms with E-state index in [2.05, 4.69) is 23.8 Å². The Morgan fingerprint density at radius 1 is 1.24 bits per heavy atom. The number of hydrogen-bond acceptors (Lipinski definition) is 5. The molecule has 0 saturated carbocycles. The lowest BCUT2D eigenvalue weighted by molar-refractivity contribution is 0.00578. The maximum absolute atomic E-state index is 6.10. The van der Waals surface area contributed by atoms with Gasteiger partial charge in [-0.2, -0.15) is 0 Å². The lowest BCUT2D eigenvalue weighted by atomic mass is 9.77. The van der Waals surface area contributed by atoms with Crippen LogP contribution in [-0.2, 0) is 15.7 Å². The quantitative estimate of drug-likeness (QED) is 0.859. The summed E-state index contributed by atoms with van der Waals surface area (Å²) >= 11 is 0. The number of nitrogens with zero attached hydrogens (tertiary/aromatic N) is 2. The lowest BCUT2D eigenvalue weighted by Gasteiger charge is -2.32. The van der Waals surface area contributed by atoms with Gasteiger partial charge in [0.25, 0.3) is 0 Å². The maximum Gasteiger partial charge on any atom is 0.498 e. The molecule has 0 amide bonds. The van der Waals surface area contributed by atoms with Crippen molar-refractivity contribution in [1.29, 1.82) is 0 Å². The van der Waals surface area contributed by atoms with E-state index in [1.807, 2.05) is 27.7 Å². The van der Waals surface area contributed by atoms with Gasteiger partial charge in [0.15, 0.2) is 0 Å². The Morgan fingerprint density at radius 3 is 2.33 bits per heavy atom. The molecule has 0 aromatic carbocycles. The van der Waals surface area contributed by atoms with Crippen molar-refractivity contribution in [3.8, 4) is 0 Å². The SMILES string of the molecule is CCC(C)Cc1nc(N)ncc1B1OC(C)(C)C(C)(C)O1. The number of hydrogen-bond donors (Lipinski definition) is 1. The van der Waals surface area contributed by atoms with E-state index in [9.17, 15) is 0 Å². The van der Waals surface area contributed by atoms with Gasteiger partial charge in [0, 0.05) is 17.4 Å². The van der Waals surface area contributed by atoms with E-state index in [0.717, 1.165) is 24.0 Å². The van der Waals surface area contributed by atoms with Crippen molar-refractivity contribution in [2.24, 2.45) is 5.92 Å². The van der Waals surface area contributed by atoms with Gasteiger partial charge in [-0.05, 0) is 40.0 Å². The first-order chi connectivity index (χ1) is 9.66. The molecular weight excluding hydrogens is 265 g/mol. The number of rotatable bonds is 4. The van der Waals surface area contributed by atoms with Gasteiger partial charge in [0.2, 0.25) is 5.95 Å². The first-order valence-corrected chi connectivity index (χ1v) is 7.63. The van der Waals surface area contributed by atoms with Crippen molar-refractivity contribution in [2.45, 2.75) is 65.6 Å². The van der Waals surface area contributed by atoms with Crippen LogP contribution in [0.3, 0.4) is 0 Å². The molecule has 116 valence electrons. The number of anilines is 1. The van der Waals surface area contributed by atoms with Gasteiger partial charge in [-0.25, -0.2) is 9.97 Å². The van der Waals surface area contributed by atoms with Gasteiger partial charge in [0.05, 0.1) is 11.2 Å². The third kappa shape index (κ3) is 3.21. The van der Waals surface area contributed by atoms with Crippen molar-refractivity contribution >= 4 is 18.5 Å². The third-order valence-corrected chi connectivity index (χ3v) is 4.66. The summed E-state index contributed by atoms with van der Waals surface area (Å²) in [6.45, 7) is 12.5. The zero-order valence-corrected chi connectivity index (χ0v) is 13.9. The van der Waals surface area contributed by atoms with Crippen LogP contribution in [0.15, 0.2) is 6.20 Å². The van der Waals surface area contributed by atoms with Crippen LogP contribution in [0.2, 0.25) is 0 Å². The second-order valence-electron chi connectivity index (χ2n) is 6.94. The lowest BCUT2D eigenvalue weighted by Crippen LogP contribution is -2.41. The molecule has 2 heterocycles. The molecule has 2 rings (SSSR count). The summed E-state index contributed by atoms with van der Waals surface area (Å²) in [5, 5.41) is 0. The molecule has 1 aromatic heterocycles.